The molecule has 0 radical (unpaired) electrons. The minimum Gasteiger partial charge on any atom is -0.493 e. The summed E-state index contributed by atoms with van der Waals surface area (Å²) in [5, 5.41) is 3.03. The van der Waals surface area contributed by atoms with Crippen LogP contribution in [-0.2, 0) is 6.54 Å². The molecule has 0 fully saturated rings. The first-order chi connectivity index (χ1) is 10.6. The number of hydrogen-bond donors (Lipinski definition) is 2. The van der Waals surface area contributed by atoms with E-state index in [0.717, 1.165) is 15.7 Å². The molecule has 0 heterocycles. The minimum atomic E-state index is 0. The van der Waals surface area contributed by atoms with Gasteiger partial charge in [0.2, 0.25) is 0 Å². The van der Waals surface area contributed by atoms with E-state index in [-0.39, 0.29) is 24.0 Å². The van der Waals surface area contributed by atoms with Crippen LogP contribution in [-0.4, -0.2) is 20.2 Å². The molecule has 0 aliphatic rings. The maximum absolute atomic E-state index is 5.91. The first kappa shape index (κ1) is 19.6. The lowest BCUT2D eigenvalue weighted by molar-refractivity contribution is 0.355. The van der Waals surface area contributed by atoms with E-state index in [0.29, 0.717) is 24.0 Å². The average molecular weight is 492 g/mol. The van der Waals surface area contributed by atoms with E-state index in [2.05, 4.69) is 26.2 Å². The number of halogens is 2. The van der Waals surface area contributed by atoms with Crippen molar-refractivity contribution in [2.75, 3.05) is 19.5 Å². The number of aliphatic imine (C=N–C) groups is 1. The molecule has 0 unspecified atom stereocenters. The van der Waals surface area contributed by atoms with Crippen molar-refractivity contribution < 1.29 is 9.47 Å². The van der Waals surface area contributed by atoms with Gasteiger partial charge in [-0.05, 0) is 29.8 Å². The van der Waals surface area contributed by atoms with E-state index >= 15 is 0 Å². The highest BCUT2D eigenvalue weighted by Gasteiger charge is 2.05. The van der Waals surface area contributed by atoms with E-state index in [4.69, 9.17) is 15.2 Å². The Kier molecular flexibility index (Phi) is 8.18. The summed E-state index contributed by atoms with van der Waals surface area (Å²) in [7, 11) is 3.19. The van der Waals surface area contributed by atoms with Gasteiger partial charge in [-0.15, -0.1) is 24.0 Å². The van der Waals surface area contributed by atoms with E-state index in [1.807, 2.05) is 36.4 Å². The number of benzene rings is 2. The summed E-state index contributed by atoms with van der Waals surface area (Å²) in [5.74, 6) is 1.64. The summed E-state index contributed by atoms with van der Waals surface area (Å²) >= 11 is 3.43. The Morgan fingerprint density at radius 1 is 1.13 bits per heavy atom. The van der Waals surface area contributed by atoms with Crippen LogP contribution < -0.4 is 20.5 Å². The number of nitrogens with one attached hydrogen (secondary N) is 1. The van der Waals surface area contributed by atoms with Crippen LogP contribution in [0.3, 0.4) is 0 Å². The molecule has 7 heteroatoms. The van der Waals surface area contributed by atoms with E-state index < -0.39 is 0 Å². The van der Waals surface area contributed by atoms with E-state index in [9.17, 15) is 0 Å². The van der Waals surface area contributed by atoms with Gasteiger partial charge in [-0.1, -0.05) is 28.1 Å². The molecule has 3 N–H and O–H groups in total. The van der Waals surface area contributed by atoms with Crippen molar-refractivity contribution in [3.05, 3.63) is 52.5 Å². The second-order valence-corrected chi connectivity index (χ2v) is 5.44. The molecule has 124 valence electrons. The molecular weight excluding hydrogens is 473 g/mol. The van der Waals surface area contributed by atoms with Crippen LogP contribution >= 0.6 is 39.9 Å². The molecule has 0 bridgehead atoms. The van der Waals surface area contributed by atoms with Crippen LogP contribution in [0, 0.1) is 0 Å². The molecule has 23 heavy (non-hydrogen) atoms. The second kappa shape index (κ2) is 9.61. The van der Waals surface area contributed by atoms with Gasteiger partial charge in [0.25, 0.3) is 0 Å². The third-order valence-electron chi connectivity index (χ3n) is 2.98. The molecule has 2 rings (SSSR count). The fraction of sp³-hybridized carbons (Fsp3) is 0.188. The largest absolute Gasteiger partial charge is 0.493 e. The van der Waals surface area contributed by atoms with Gasteiger partial charge in [-0.2, -0.15) is 0 Å². The van der Waals surface area contributed by atoms with Gasteiger partial charge in [0.15, 0.2) is 17.5 Å². The molecule has 5 nitrogen and oxygen atoms in total. The number of methoxy groups -OCH3 is 2. The fourth-order valence-corrected chi connectivity index (χ4v) is 2.36. The number of hydrogen-bond acceptors (Lipinski definition) is 3. The number of nitrogens with zero attached hydrogens (tertiary/aromatic N) is 1. The Hall–Kier alpha value is -1.48. The van der Waals surface area contributed by atoms with Crippen LogP contribution in [0.15, 0.2) is 51.9 Å². The van der Waals surface area contributed by atoms with E-state index in [1.54, 1.807) is 20.3 Å². The van der Waals surface area contributed by atoms with Crippen LogP contribution in [0.25, 0.3) is 0 Å². The summed E-state index contributed by atoms with van der Waals surface area (Å²) in [6.07, 6.45) is 0. The molecule has 0 aliphatic heterocycles. The predicted molar refractivity (Wildman–Crippen MR) is 108 cm³/mol. The Morgan fingerprint density at radius 3 is 2.52 bits per heavy atom. The zero-order valence-electron chi connectivity index (χ0n) is 12.9. The zero-order valence-corrected chi connectivity index (χ0v) is 16.8. The summed E-state index contributed by atoms with van der Waals surface area (Å²) in [4.78, 5) is 4.32. The van der Waals surface area contributed by atoms with Gasteiger partial charge >= 0.3 is 0 Å². The lowest BCUT2D eigenvalue weighted by Gasteiger charge is -2.11. The quantitative estimate of drug-likeness (QED) is 0.376. The highest BCUT2D eigenvalue weighted by molar-refractivity contribution is 14.0. The van der Waals surface area contributed by atoms with Gasteiger partial charge in [0.1, 0.15) is 0 Å². The van der Waals surface area contributed by atoms with Crippen molar-refractivity contribution in [1.82, 2.24) is 0 Å². The molecule has 0 amide bonds. The number of anilines is 1. The van der Waals surface area contributed by atoms with Crippen LogP contribution in [0.4, 0.5) is 5.69 Å². The summed E-state index contributed by atoms with van der Waals surface area (Å²) in [6, 6.07) is 13.4. The van der Waals surface area contributed by atoms with Crippen molar-refractivity contribution in [3.63, 3.8) is 0 Å². The molecular formula is C16H19BrIN3O2. The Bertz CT molecular complexity index is 680. The average Bonchev–Trinajstić information content (AvgIpc) is 2.53. The fourth-order valence-electron chi connectivity index (χ4n) is 1.91. The van der Waals surface area contributed by atoms with Gasteiger partial charge in [-0.25, -0.2) is 4.99 Å². The van der Waals surface area contributed by atoms with E-state index in [1.165, 1.54) is 0 Å². The van der Waals surface area contributed by atoms with Crippen LogP contribution in [0.5, 0.6) is 11.5 Å². The number of nitrogens with two attached hydrogens (primary N) is 1. The van der Waals surface area contributed by atoms with Gasteiger partial charge in [-0.3, -0.25) is 0 Å². The first-order valence-electron chi connectivity index (χ1n) is 6.66. The number of ether oxygens (including phenoxy) is 2. The van der Waals surface area contributed by atoms with Crippen molar-refractivity contribution in [1.29, 1.82) is 0 Å². The molecule has 0 saturated carbocycles. The monoisotopic (exact) mass is 491 g/mol. The zero-order chi connectivity index (χ0) is 15.9. The first-order valence-corrected chi connectivity index (χ1v) is 7.45. The lowest BCUT2D eigenvalue weighted by Crippen LogP contribution is -2.22. The van der Waals surface area contributed by atoms with Crippen molar-refractivity contribution in [3.8, 4) is 11.5 Å². The lowest BCUT2D eigenvalue weighted by atomic mass is 10.2. The summed E-state index contributed by atoms with van der Waals surface area (Å²) in [5.41, 5.74) is 7.77. The maximum Gasteiger partial charge on any atom is 0.193 e. The molecule has 0 spiro atoms. The topological polar surface area (TPSA) is 68.9 Å². The summed E-state index contributed by atoms with van der Waals surface area (Å²) < 4.78 is 11.5. The molecule has 0 atom stereocenters. The maximum atomic E-state index is 5.91. The van der Waals surface area contributed by atoms with Crippen LogP contribution in [0.1, 0.15) is 5.56 Å². The normalized spacial score (nSPS) is 10.7. The van der Waals surface area contributed by atoms with Gasteiger partial charge in [0, 0.05) is 16.2 Å². The number of guanidine groups is 1. The highest BCUT2D eigenvalue weighted by Crippen LogP contribution is 2.29. The van der Waals surface area contributed by atoms with Crippen molar-refractivity contribution in [2.45, 2.75) is 6.54 Å². The van der Waals surface area contributed by atoms with Crippen LogP contribution in [0.2, 0.25) is 0 Å². The Labute approximate surface area is 161 Å². The van der Waals surface area contributed by atoms with Gasteiger partial charge in [0.05, 0.1) is 20.8 Å². The van der Waals surface area contributed by atoms with Gasteiger partial charge < -0.3 is 20.5 Å². The molecule has 0 saturated heterocycles. The Morgan fingerprint density at radius 2 is 1.87 bits per heavy atom. The molecule has 0 aromatic heterocycles. The Balaban J connectivity index is 0.00000264. The summed E-state index contributed by atoms with van der Waals surface area (Å²) in [6.45, 7) is 0.506. The molecule has 2 aromatic rings. The second-order valence-electron chi connectivity index (χ2n) is 4.53. The molecule has 0 aliphatic carbocycles. The SMILES string of the molecule is COc1ccc(NC(N)=NCc2cccc(Br)c2)cc1OC.I. The molecule has 2 aromatic carbocycles. The van der Waals surface area contributed by atoms with Crippen molar-refractivity contribution >= 4 is 51.6 Å². The third kappa shape index (κ3) is 5.91. The minimum absolute atomic E-state index is 0. The smallest absolute Gasteiger partial charge is 0.193 e. The number of rotatable bonds is 5. The highest BCUT2D eigenvalue weighted by atomic mass is 127. The van der Waals surface area contributed by atoms with Crippen molar-refractivity contribution in [2.24, 2.45) is 10.7 Å². The predicted octanol–water partition coefficient (Wildman–Crippen LogP) is 4.01. The standard InChI is InChI=1S/C16H18BrN3O2.HI/c1-21-14-7-6-13(9-15(14)22-2)20-16(18)19-10-11-4-3-5-12(17)8-11;/h3-9H,10H2,1-2H3,(H3,18,19,20);1H. The third-order valence-corrected chi connectivity index (χ3v) is 3.47.